The predicted molar refractivity (Wildman–Crippen MR) is 106 cm³/mol. The molecule has 154 valence electrons. The topological polar surface area (TPSA) is 91.8 Å². The second-order valence-corrected chi connectivity index (χ2v) is 9.14. The molecule has 0 saturated carbocycles. The van der Waals surface area contributed by atoms with Crippen molar-refractivity contribution in [1.29, 1.82) is 0 Å². The second kappa shape index (κ2) is 7.69. The molecule has 3 heterocycles. The molecule has 8 nitrogen and oxygen atoms in total. The summed E-state index contributed by atoms with van der Waals surface area (Å²) in [6.07, 6.45) is 2.55. The van der Waals surface area contributed by atoms with E-state index in [0.717, 1.165) is 0 Å². The van der Waals surface area contributed by atoms with Gasteiger partial charge < -0.3 is 10.1 Å². The Hall–Kier alpha value is -2.56. The number of hydrogen-bond donors (Lipinski definition) is 1. The van der Waals surface area contributed by atoms with Crippen molar-refractivity contribution in [3.8, 4) is 16.9 Å². The molecular weight excluding hydrogens is 399 g/mol. The van der Waals surface area contributed by atoms with Crippen LogP contribution >= 0.6 is 0 Å². The molecule has 1 N–H and O–H groups in total. The van der Waals surface area contributed by atoms with E-state index in [1.807, 2.05) is 4.90 Å². The number of carbonyl (C=O) groups is 1. The van der Waals surface area contributed by atoms with E-state index in [4.69, 9.17) is 4.74 Å². The minimum absolute atomic E-state index is 0.122. The summed E-state index contributed by atoms with van der Waals surface area (Å²) < 4.78 is 45.2. The van der Waals surface area contributed by atoms with Crippen LogP contribution in [-0.2, 0) is 14.8 Å². The van der Waals surface area contributed by atoms with Gasteiger partial charge in [0, 0.05) is 31.4 Å². The number of amides is 1. The van der Waals surface area contributed by atoms with Crippen LogP contribution in [-0.4, -0.2) is 73.6 Å². The Morgan fingerprint density at radius 2 is 2.10 bits per heavy atom. The fourth-order valence-electron chi connectivity index (χ4n) is 3.61. The smallest absolute Gasteiger partial charge is 0.238 e. The van der Waals surface area contributed by atoms with Gasteiger partial charge in [-0.3, -0.25) is 9.69 Å². The number of nitrogens with one attached hydrogen (secondary N) is 1. The Morgan fingerprint density at radius 1 is 1.28 bits per heavy atom. The third-order valence-electron chi connectivity index (χ3n) is 5.14. The van der Waals surface area contributed by atoms with Gasteiger partial charge in [0.25, 0.3) is 0 Å². The normalized spacial score (nSPS) is 21.0. The average Bonchev–Trinajstić information content (AvgIpc) is 2.73. The van der Waals surface area contributed by atoms with Crippen molar-refractivity contribution in [1.82, 2.24) is 14.2 Å². The molecule has 1 atom stereocenters. The van der Waals surface area contributed by atoms with Gasteiger partial charge in [0.1, 0.15) is 12.4 Å². The molecule has 0 unspecified atom stereocenters. The van der Waals surface area contributed by atoms with Crippen molar-refractivity contribution in [2.45, 2.75) is 6.04 Å². The van der Waals surface area contributed by atoms with Crippen molar-refractivity contribution < 1.29 is 22.3 Å². The van der Waals surface area contributed by atoms with E-state index in [1.165, 1.54) is 16.8 Å². The molecule has 0 radical (unpaired) electrons. The van der Waals surface area contributed by atoms with Crippen LogP contribution < -0.4 is 10.1 Å². The third kappa shape index (κ3) is 4.24. The summed E-state index contributed by atoms with van der Waals surface area (Å²) in [5, 5.41) is 2.83. The minimum atomic E-state index is -3.31. The van der Waals surface area contributed by atoms with Gasteiger partial charge in [-0.1, -0.05) is 6.07 Å². The van der Waals surface area contributed by atoms with E-state index in [1.54, 1.807) is 30.3 Å². The lowest BCUT2D eigenvalue weighted by molar-refractivity contribution is -0.118. The molecule has 0 aliphatic carbocycles. The number of piperazine rings is 1. The molecule has 2 aliphatic rings. The maximum atomic E-state index is 14.0. The molecule has 1 amide bonds. The van der Waals surface area contributed by atoms with E-state index < -0.39 is 16.0 Å². The van der Waals surface area contributed by atoms with Gasteiger partial charge in [-0.05, 0) is 29.8 Å². The Morgan fingerprint density at radius 3 is 2.86 bits per heavy atom. The number of halogens is 1. The Kier molecular flexibility index (Phi) is 5.24. The second-order valence-electron chi connectivity index (χ2n) is 7.16. The van der Waals surface area contributed by atoms with Crippen LogP contribution in [0.3, 0.4) is 0 Å². The van der Waals surface area contributed by atoms with Crippen molar-refractivity contribution in [2.75, 3.05) is 44.4 Å². The van der Waals surface area contributed by atoms with Gasteiger partial charge in [-0.2, -0.15) is 8.70 Å². The van der Waals surface area contributed by atoms with Crippen LogP contribution in [0.4, 0.5) is 10.1 Å². The Labute approximate surface area is 168 Å². The summed E-state index contributed by atoms with van der Waals surface area (Å²) in [6, 6.07) is 8.03. The van der Waals surface area contributed by atoms with E-state index in [0.29, 0.717) is 35.7 Å². The summed E-state index contributed by atoms with van der Waals surface area (Å²) >= 11 is 0. The SMILES string of the molecule is CS(=O)(=O)N1CCN2CC(=O)Nc3cc(-c4cccnc4F)ccc3OC[C@H]2C1. The number of carbonyl (C=O) groups excluding carboxylic acids is 1. The molecule has 10 heteroatoms. The van der Waals surface area contributed by atoms with Crippen LogP contribution in [0.15, 0.2) is 36.5 Å². The quantitative estimate of drug-likeness (QED) is 0.734. The van der Waals surface area contributed by atoms with Crippen LogP contribution in [0.1, 0.15) is 0 Å². The highest BCUT2D eigenvalue weighted by Gasteiger charge is 2.33. The number of hydrogen-bond acceptors (Lipinski definition) is 6. The predicted octanol–water partition coefficient (Wildman–Crippen LogP) is 1.16. The third-order valence-corrected chi connectivity index (χ3v) is 6.41. The Balaban J connectivity index is 1.62. The van der Waals surface area contributed by atoms with Crippen molar-refractivity contribution >= 4 is 21.6 Å². The van der Waals surface area contributed by atoms with Crippen molar-refractivity contribution in [3.63, 3.8) is 0 Å². The van der Waals surface area contributed by atoms with E-state index in [9.17, 15) is 17.6 Å². The van der Waals surface area contributed by atoms with Crippen LogP contribution in [0.2, 0.25) is 0 Å². The molecule has 2 aliphatic heterocycles. The lowest BCUT2D eigenvalue weighted by Crippen LogP contribution is -2.57. The first-order chi connectivity index (χ1) is 13.8. The van der Waals surface area contributed by atoms with Crippen molar-refractivity contribution in [3.05, 3.63) is 42.5 Å². The zero-order chi connectivity index (χ0) is 20.6. The maximum Gasteiger partial charge on any atom is 0.238 e. The van der Waals surface area contributed by atoms with Gasteiger partial charge in [0.15, 0.2) is 0 Å². The molecule has 29 heavy (non-hydrogen) atoms. The molecule has 0 bridgehead atoms. The monoisotopic (exact) mass is 420 g/mol. The first-order valence-corrected chi connectivity index (χ1v) is 11.0. The number of sulfonamides is 1. The summed E-state index contributed by atoms with van der Waals surface area (Å²) in [4.78, 5) is 18.2. The number of fused-ring (bicyclic) bond motifs is 2. The first kappa shape index (κ1) is 19.7. The number of benzene rings is 1. The van der Waals surface area contributed by atoms with Crippen LogP contribution in [0.25, 0.3) is 11.1 Å². The molecule has 0 spiro atoms. The number of rotatable bonds is 2. The van der Waals surface area contributed by atoms with Gasteiger partial charge in [0.05, 0.1) is 24.5 Å². The van der Waals surface area contributed by atoms with E-state index >= 15 is 0 Å². The van der Waals surface area contributed by atoms with Gasteiger partial charge in [-0.15, -0.1) is 0 Å². The van der Waals surface area contributed by atoms with Gasteiger partial charge in [-0.25, -0.2) is 13.4 Å². The molecule has 1 aromatic carbocycles. The molecular formula is C19H21FN4O4S. The fraction of sp³-hybridized carbons (Fsp3) is 0.368. The van der Waals surface area contributed by atoms with E-state index in [-0.39, 0.29) is 31.6 Å². The van der Waals surface area contributed by atoms with Crippen LogP contribution in [0, 0.1) is 5.95 Å². The molecule has 2 aromatic rings. The summed E-state index contributed by atoms with van der Waals surface area (Å²) in [5.74, 6) is -0.385. The molecule has 1 fully saturated rings. The fourth-order valence-corrected chi connectivity index (χ4v) is 4.47. The number of pyridine rings is 1. The first-order valence-electron chi connectivity index (χ1n) is 9.18. The van der Waals surface area contributed by atoms with Crippen LogP contribution in [0.5, 0.6) is 5.75 Å². The summed E-state index contributed by atoms with van der Waals surface area (Å²) in [6.45, 7) is 1.39. The summed E-state index contributed by atoms with van der Waals surface area (Å²) in [7, 11) is -3.31. The number of ether oxygens (including phenoxy) is 1. The zero-order valence-corrected chi connectivity index (χ0v) is 16.7. The van der Waals surface area contributed by atoms with Gasteiger partial charge >= 0.3 is 0 Å². The molecule has 1 saturated heterocycles. The highest BCUT2D eigenvalue weighted by Crippen LogP contribution is 2.32. The highest BCUT2D eigenvalue weighted by molar-refractivity contribution is 7.88. The number of nitrogens with zero attached hydrogens (tertiary/aromatic N) is 3. The standard InChI is InChI=1S/C19H21FN4O4S/c1-29(26,27)24-8-7-23-11-18(25)22-16-9-13(15-3-2-6-21-19(15)20)4-5-17(16)28-12-14(23)10-24/h2-6,9,14H,7-8,10-12H2,1H3,(H,22,25)/t14-/m1/s1. The van der Waals surface area contributed by atoms with Gasteiger partial charge in [0.2, 0.25) is 21.9 Å². The number of aromatic nitrogens is 1. The largest absolute Gasteiger partial charge is 0.490 e. The lowest BCUT2D eigenvalue weighted by Gasteiger charge is -2.39. The summed E-state index contributed by atoms with van der Waals surface area (Å²) in [5.41, 5.74) is 1.33. The lowest BCUT2D eigenvalue weighted by atomic mass is 10.1. The Bertz CT molecular complexity index is 1050. The zero-order valence-electron chi connectivity index (χ0n) is 15.8. The number of anilines is 1. The highest BCUT2D eigenvalue weighted by atomic mass is 32.2. The molecule has 1 aromatic heterocycles. The molecule has 4 rings (SSSR count). The van der Waals surface area contributed by atoms with E-state index in [2.05, 4.69) is 10.3 Å². The average molecular weight is 420 g/mol. The maximum absolute atomic E-state index is 14.0. The van der Waals surface area contributed by atoms with Crippen molar-refractivity contribution in [2.24, 2.45) is 0 Å². The minimum Gasteiger partial charge on any atom is -0.490 e.